The predicted molar refractivity (Wildman–Crippen MR) is 87.5 cm³/mol. The number of likely N-dealkylation sites (tertiary alicyclic amines) is 1. The molecule has 0 aromatic carbocycles. The lowest BCUT2D eigenvalue weighted by atomic mass is 10.0. The summed E-state index contributed by atoms with van der Waals surface area (Å²) in [7, 11) is 0. The van der Waals surface area contributed by atoms with E-state index >= 15 is 0 Å². The quantitative estimate of drug-likeness (QED) is 0.803. The molecule has 124 valence electrons. The number of ether oxygens (including phenoxy) is 1. The van der Waals surface area contributed by atoms with Crippen molar-refractivity contribution in [3.8, 4) is 0 Å². The Morgan fingerprint density at radius 1 is 1.19 bits per heavy atom. The van der Waals surface area contributed by atoms with E-state index in [1.54, 1.807) is 0 Å². The summed E-state index contributed by atoms with van der Waals surface area (Å²) in [5.41, 5.74) is 0. The average Bonchev–Trinajstić information content (AvgIpc) is 3.24. The van der Waals surface area contributed by atoms with Crippen molar-refractivity contribution in [3.05, 3.63) is 0 Å². The van der Waals surface area contributed by atoms with Crippen molar-refractivity contribution in [1.29, 1.82) is 0 Å². The molecule has 2 atom stereocenters. The fraction of sp³-hybridized carbons (Fsp3) is 0.929. The van der Waals surface area contributed by atoms with Crippen molar-refractivity contribution >= 4 is 30.7 Å². The Morgan fingerprint density at radius 2 is 1.86 bits per heavy atom. The third-order valence-corrected chi connectivity index (χ3v) is 4.54. The molecule has 21 heavy (non-hydrogen) atoms. The van der Waals surface area contributed by atoms with E-state index in [2.05, 4.69) is 15.5 Å². The second kappa shape index (κ2) is 8.53. The lowest BCUT2D eigenvalue weighted by Crippen LogP contribution is -2.58. The van der Waals surface area contributed by atoms with Gasteiger partial charge in [-0.2, -0.15) is 0 Å². The van der Waals surface area contributed by atoms with Gasteiger partial charge in [0.1, 0.15) is 6.04 Å². The number of piperidine rings is 1. The molecule has 1 aliphatic carbocycles. The highest BCUT2D eigenvalue weighted by Gasteiger charge is 2.34. The molecular weight excluding hydrogens is 313 g/mol. The van der Waals surface area contributed by atoms with Crippen molar-refractivity contribution in [3.63, 3.8) is 0 Å². The van der Waals surface area contributed by atoms with Gasteiger partial charge in [0.2, 0.25) is 5.91 Å². The van der Waals surface area contributed by atoms with E-state index in [9.17, 15) is 4.79 Å². The number of halogens is 2. The Kier molecular flexibility index (Phi) is 7.71. The number of amides is 1. The zero-order chi connectivity index (χ0) is 13.2. The third-order valence-electron chi connectivity index (χ3n) is 4.54. The maximum atomic E-state index is 12.2. The molecule has 0 aromatic rings. The van der Waals surface area contributed by atoms with Gasteiger partial charge in [0.15, 0.2) is 0 Å². The molecule has 3 aliphatic rings. The molecule has 0 spiro atoms. The molecule has 1 amide bonds. The van der Waals surface area contributed by atoms with Gasteiger partial charge in [-0.05, 0) is 32.6 Å². The molecule has 2 N–H and O–H groups in total. The Bertz CT molecular complexity index is 334. The summed E-state index contributed by atoms with van der Waals surface area (Å²) in [5, 5.41) is 6.44. The second-order valence-corrected chi connectivity index (χ2v) is 6.06. The van der Waals surface area contributed by atoms with Crippen LogP contribution in [0.1, 0.15) is 32.6 Å². The van der Waals surface area contributed by atoms with E-state index < -0.39 is 0 Å². The van der Waals surface area contributed by atoms with Gasteiger partial charge in [-0.25, -0.2) is 0 Å². The predicted octanol–water partition coefficient (Wildman–Crippen LogP) is 0.950. The summed E-state index contributed by atoms with van der Waals surface area (Å²) in [5.74, 6) is 0.108. The largest absolute Gasteiger partial charge is 0.375 e. The summed E-state index contributed by atoms with van der Waals surface area (Å²) < 4.78 is 5.53. The number of morpholine rings is 1. The minimum Gasteiger partial charge on any atom is -0.375 e. The zero-order valence-corrected chi connectivity index (χ0v) is 14.2. The SMILES string of the molecule is C[C@H]1OCCN[C@@H]1C(=O)NC1CCN(C2CC2)CC1.Cl.Cl. The van der Waals surface area contributed by atoms with E-state index in [-0.39, 0.29) is 42.9 Å². The van der Waals surface area contributed by atoms with Gasteiger partial charge in [0.25, 0.3) is 0 Å². The van der Waals surface area contributed by atoms with Gasteiger partial charge >= 0.3 is 0 Å². The van der Waals surface area contributed by atoms with Crippen LogP contribution >= 0.6 is 24.8 Å². The number of hydrogen-bond acceptors (Lipinski definition) is 4. The van der Waals surface area contributed by atoms with Gasteiger partial charge in [-0.3, -0.25) is 4.79 Å². The number of hydrogen-bond donors (Lipinski definition) is 2. The summed E-state index contributed by atoms with van der Waals surface area (Å²) in [6.45, 7) is 5.71. The molecule has 0 unspecified atom stereocenters. The highest BCUT2D eigenvalue weighted by atomic mass is 35.5. The van der Waals surface area contributed by atoms with Crippen LogP contribution in [0.2, 0.25) is 0 Å². The maximum absolute atomic E-state index is 12.2. The van der Waals surface area contributed by atoms with E-state index in [4.69, 9.17) is 4.74 Å². The monoisotopic (exact) mass is 339 g/mol. The Labute approximate surface area is 139 Å². The van der Waals surface area contributed by atoms with Crippen LogP contribution in [-0.4, -0.2) is 61.3 Å². The second-order valence-electron chi connectivity index (χ2n) is 6.06. The van der Waals surface area contributed by atoms with Crippen LogP contribution in [0, 0.1) is 0 Å². The standard InChI is InChI=1S/C14H25N3O2.2ClH/c1-10-13(15-6-9-19-10)14(18)16-11-4-7-17(8-5-11)12-2-3-12;;/h10-13,15H,2-9H2,1H3,(H,16,18);2*1H/t10-,13+;;/m1../s1. The first-order chi connectivity index (χ1) is 9.24. The van der Waals surface area contributed by atoms with Crippen LogP contribution in [0.15, 0.2) is 0 Å². The molecular formula is C14H27Cl2N3O2. The van der Waals surface area contributed by atoms with E-state index in [0.717, 1.165) is 38.5 Å². The molecule has 2 aliphatic heterocycles. The van der Waals surface area contributed by atoms with E-state index in [1.165, 1.54) is 12.8 Å². The molecule has 0 bridgehead atoms. The van der Waals surface area contributed by atoms with Crippen LogP contribution < -0.4 is 10.6 Å². The highest BCUT2D eigenvalue weighted by molar-refractivity contribution is 5.85. The first kappa shape index (κ1) is 19.0. The van der Waals surface area contributed by atoms with Gasteiger partial charge in [-0.15, -0.1) is 24.8 Å². The van der Waals surface area contributed by atoms with Gasteiger partial charge < -0.3 is 20.3 Å². The van der Waals surface area contributed by atoms with Gasteiger partial charge in [0.05, 0.1) is 12.7 Å². The molecule has 3 rings (SSSR count). The average molecular weight is 340 g/mol. The zero-order valence-electron chi connectivity index (χ0n) is 12.5. The summed E-state index contributed by atoms with van der Waals surface area (Å²) >= 11 is 0. The minimum absolute atomic E-state index is 0. The van der Waals surface area contributed by atoms with Crippen LogP contribution in [0.3, 0.4) is 0 Å². The van der Waals surface area contributed by atoms with Crippen LogP contribution in [0.25, 0.3) is 0 Å². The van der Waals surface area contributed by atoms with Crippen LogP contribution in [0.4, 0.5) is 0 Å². The number of carbonyl (C=O) groups excluding carboxylic acids is 1. The van der Waals surface area contributed by atoms with Crippen LogP contribution in [0.5, 0.6) is 0 Å². The van der Waals surface area contributed by atoms with Crippen molar-refractivity contribution in [2.75, 3.05) is 26.2 Å². The molecule has 2 heterocycles. The smallest absolute Gasteiger partial charge is 0.240 e. The minimum atomic E-state index is -0.185. The van der Waals surface area contributed by atoms with Crippen molar-refractivity contribution in [1.82, 2.24) is 15.5 Å². The molecule has 5 nitrogen and oxygen atoms in total. The molecule has 0 aromatic heterocycles. The molecule has 2 saturated heterocycles. The number of carbonyl (C=O) groups is 1. The lowest BCUT2D eigenvalue weighted by molar-refractivity contribution is -0.130. The summed E-state index contributed by atoms with van der Waals surface area (Å²) in [4.78, 5) is 14.8. The molecule has 0 radical (unpaired) electrons. The summed E-state index contributed by atoms with van der Waals surface area (Å²) in [6.07, 6.45) is 4.89. The van der Waals surface area contributed by atoms with Crippen molar-refractivity contribution < 1.29 is 9.53 Å². The lowest BCUT2D eigenvalue weighted by Gasteiger charge is -2.35. The number of nitrogens with zero attached hydrogens (tertiary/aromatic N) is 1. The summed E-state index contributed by atoms with van der Waals surface area (Å²) in [6, 6.07) is 1.01. The van der Waals surface area contributed by atoms with Crippen molar-refractivity contribution in [2.24, 2.45) is 0 Å². The van der Waals surface area contributed by atoms with Gasteiger partial charge in [0, 0.05) is 31.7 Å². The van der Waals surface area contributed by atoms with Crippen molar-refractivity contribution in [2.45, 2.75) is 56.8 Å². The highest BCUT2D eigenvalue weighted by Crippen LogP contribution is 2.29. The van der Waals surface area contributed by atoms with E-state index in [0.29, 0.717) is 12.6 Å². The Morgan fingerprint density at radius 3 is 2.43 bits per heavy atom. The maximum Gasteiger partial charge on any atom is 0.240 e. The molecule has 3 fully saturated rings. The Hall–Kier alpha value is -0.0700. The number of rotatable bonds is 3. The molecule has 7 heteroatoms. The Balaban J connectivity index is 0.00000110. The third kappa shape index (κ3) is 4.96. The topological polar surface area (TPSA) is 53.6 Å². The first-order valence-corrected chi connectivity index (χ1v) is 7.63. The van der Waals surface area contributed by atoms with E-state index in [1.807, 2.05) is 6.92 Å². The number of nitrogens with one attached hydrogen (secondary N) is 2. The van der Waals surface area contributed by atoms with Crippen LogP contribution in [-0.2, 0) is 9.53 Å². The molecule has 1 saturated carbocycles. The fourth-order valence-electron chi connectivity index (χ4n) is 3.17. The van der Waals surface area contributed by atoms with Gasteiger partial charge in [-0.1, -0.05) is 0 Å². The normalized spacial score (nSPS) is 30.9. The fourth-order valence-corrected chi connectivity index (χ4v) is 3.17. The first-order valence-electron chi connectivity index (χ1n) is 7.63.